The van der Waals surface area contributed by atoms with Gasteiger partial charge in [0.05, 0.1) is 4.90 Å². The monoisotopic (exact) mass is 271 g/mol. The van der Waals surface area contributed by atoms with Gasteiger partial charge in [0.25, 0.3) is 0 Å². The average molecular weight is 271 g/mol. The number of amides is 1. The van der Waals surface area contributed by atoms with Gasteiger partial charge in [0.1, 0.15) is 0 Å². The number of sulfonamides is 1. The van der Waals surface area contributed by atoms with Crippen molar-refractivity contribution in [2.24, 2.45) is 10.9 Å². The van der Waals surface area contributed by atoms with Crippen LogP contribution in [0.2, 0.25) is 0 Å². The fourth-order valence-corrected chi connectivity index (χ4v) is 1.96. The van der Waals surface area contributed by atoms with Gasteiger partial charge in [0.15, 0.2) is 0 Å². The summed E-state index contributed by atoms with van der Waals surface area (Å²) in [4.78, 5) is 11.5. The molecule has 1 aromatic carbocycles. The Morgan fingerprint density at radius 2 is 2.00 bits per heavy atom. The largest absolute Gasteiger partial charge is 0.330 e. The number of anilines is 1. The second kappa shape index (κ2) is 6.48. The molecule has 0 radical (unpaired) electrons. The molecule has 5 N–H and O–H groups in total. The van der Waals surface area contributed by atoms with Crippen molar-refractivity contribution in [1.82, 2.24) is 0 Å². The maximum absolute atomic E-state index is 11.5. The van der Waals surface area contributed by atoms with E-state index < -0.39 is 10.0 Å². The van der Waals surface area contributed by atoms with Crippen molar-refractivity contribution >= 4 is 21.6 Å². The highest BCUT2D eigenvalue weighted by Crippen LogP contribution is 2.14. The molecule has 0 fully saturated rings. The third-order valence-electron chi connectivity index (χ3n) is 2.30. The van der Waals surface area contributed by atoms with Crippen LogP contribution in [0.3, 0.4) is 0 Å². The predicted molar refractivity (Wildman–Crippen MR) is 69.4 cm³/mol. The van der Waals surface area contributed by atoms with Gasteiger partial charge < -0.3 is 11.1 Å². The Morgan fingerprint density at radius 3 is 2.61 bits per heavy atom. The lowest BCUT2D eigenvalue weighted by atomic mass is 10.2. The van der Waals surface area contributed by atoms with Gasteiger partial charge in [-0.2, -0.15) is 0 Å². The molecule has 6 nitrogen and oxygen atoms in total. The van der Waals surface area contributed by atoms with Crippen LogP contribution in [0.5, 0.6) is 0 Å². The Bertz CT molecular complexity index is 514. The molecule has 1 rings (SSSR count). The number of hydrogen-bond donors (Lipinski definition) is 3. The maximum Gasteiger partial charge on any atom is 0.238 e. The number of nitrogens with one attached hydrogen (secondary N) is 1. The van der Waals surface area contributed by atoms with Gasteiger partial charge in [-0.1, -0.05) is 6.07 Å². The van der Waals surface area contributed by atoms with Crippen molar-refractivity contribution in [3.63, 3.8) is 0 Å². The van der Waals surface area contributed by atoms with Crippen molar-refractivity contribution in [2.45, 2.75) is 24.2 Å². The minimum Gasteiger partial charge on any atom is -0.330 e. The van der Waals surface area contributed by atoms with E-state index in [1.807, 2.05) is 0 Å². The summed E-state index contributed by atoms with van der Waals surface area (Å²) in [5.41, 5.74) is 5.74. The molecule has 100 valence electrons. The molecule has 0 atom stereocenters. The molecule has 0 heterocycles. The molecular formula is C11H17N3O3S. The summed E-state index contributed by atoms with van der Waals surface area (Å²) in [6.07, 6.45) is 1.85. The normalized spacial score (nSPS) is 11.2. The molecule has 0 spiro atoms. The fourth-order valence-electron chi connectivity index (χ4n) is 1.40. The van der Waals surface area contributed by atoms with Gasteiger partial charge in [0.2, 0.25) is 15.9 Å². The molecular weight excluding hydrogens is 254 g/mol. The molecule has 0 aliphatic rings. The van der Waals surface area contributed by atoms with Crippen molar-refractivity contribution in [3.8, 4) is 0 Å². The second-order valence-electron chi connectivity index (χ2n) is 3.87. The van der Waals surface area contributed by atoms with Crippen LogP contribution in [0, 0.1) is 0 Å². The number of carbonyl (C=O) groups is 1. The summed E-state index contributed by atoms with van der Waals surface area (Å²) < 4.78 is 22.3. The second-order valence-corrected chi connectivity index (χ2v) is 5.43. The van der Waals surface area contributed by atoms with E-state index >= 15 is 0 Å². The Morgan fingerprint density at radius 1 is 1.28 bits per heavy atom. The van der Waals surface area contributed by atoms with Gasteiger partial charge in [-0.05, 0) is 37.6 Å². The minimum atomic E-state index is -3.75. The Hall–Kier alpha value is -1.44. The summed E-state index contributed by atoms with van der Waals surface area (Å²) in [6.45, 7) is 0.550. The number of carbonyl (C=O) groups excluding carboxylic acids is 1. The number of nitrogens with two attached hydrogens (primary N) is 2. The third kappa shape index (κ3) is 4.82. The molecule has 18 heavy (non-hydrogen) atoms. The van der Waals surface area contributed by atoms with Crippen molar-refractivity contribution in [2.75, 3.05) is 11.9 Å². The van der Waals surface area contributed by atoms with E-state index in [2.05, 4.69) is 5.32 Å². The molecule has 0 aliphatic heterocycles. The van der Waals surface area contributed by atoms with Crippen LogP contribution in [-0.4, -0.2) is 20.9 Å². The highest BCUT2D eigenvalue weighted by Gasteiger charge is 2.09. The molecule has 7 heteroatoms. The van der Waals surface area contributed by atoms with E-state index in [0.29, 0.717) is 25.1 Å². The lowest BCUT2D eigenvalue weighted by Gasteiger charge is -2.06. The van der Waals surface area contributed by atoms with E-state index in [1.165, 1.54) is 18.2 Å². The van der Waals surface area contributed by atoms with Gasteiger partial charge in [0, 0.05) is 12.1 Å². The zero-order valence-corrected chi connectivity index (χ0v) is 10.7. The van der Waals surface area contributed by atoms with E-state index in [4.69, 9.17) is 10.9 Å². The zero-order chi connectivity index (χ0) is 13.6. The van der Waals surface area contributed by atoms with E-state index in [-0.39, 0.29) is 10.8 Å². The molecule has 0 bridgehead atoms. The summed E-state index contributed by atoms with van der Waals surface area (Å²) in [5.74, 6) is -0.171. The molecule has 1 aromatic rings. The Kier molecular flexibility index (Phi) is 5.26. The highest BCUT2D eigenvalue weighted by atomic mass is 32.2. The van der Waals surface area contributed by atoms with Crippen LogP contribution in [0.4, 0.5) is 5.69 Å². The molecule has 0 saturated heterocycles. The third-order valence-corrected chi connectivity index (χ3v) is 3.22. The Labute approximate surface area is 106 Å². The van der Waals surface area contributed by atoms with Crippen LogP contribution < -0.4 is 16.2 Å². The van der Waals surface area contributed by atoms with Gasteiger partial charge in [-0.25, -0.2) is 13.6 Å². The first-order chi connectivity index (χ1) is 8.43. The smallest absolute Gasteiger partial charge is 0.238 e. The molecule has 0 aromatic heterocycles. The predicted octanol–water partition coefficient (Wildman–Crippen LogP) is 0.402. The summed E-state index contributed by atoms with van der Waals surface area (Å²) in [7, 11) is -3.75. The van der Waals surface area contributed by atoms with Crippen LogP contribution in [0.1, 0.15) is 19.3 Å². The average Bonchev–Trinajstić information content (AvgIpc) is 2.28. The summed E-state index contributed by atoms with van der Waals surface area (Å²) >= 11 is 0. The SMILES string of the molecule is NCCCCC(=O)Nc1cccc(S(N)(=O)=O)c1. The van der Waals surface area contributed by atoms with E-state index in [1.54, 1.807) is 6.07 Å². The van der Waals surface area contributed by atoms with E-state index in [0.717, 1.165) is 6.42 Å². The van der Waals surface area contributed by atoms with Gasteiger partial charge in [-0.3, -0.25) is 4.79 Å². The number of primary sulfonamides is 1. The summed E-state index contributed by atoms with van der Waals surface area (Å²) in [6, 6.07) is 5.83. The first kappa shape index (κ1) is 14.6. The number of rotatable bonds is 6. The van der Waals surface area contributed by atoms with Crippen molar-refractivity contribution in [3.05, 3.63) is 24.3 Å². The minimum absolute atomic E-state index is 0.0257. The maximum atomic E-state index is 11.5. The van der Waals surface area contributed by atoms with Gasteiger partial charge >= 0.3 is 0 Å². The number of unbranched alkanes of at least 4 members (excludes halogenated alkanes) is 1. The lowest BCUT2D eigenvalue weighted by Crippen LogP contribution is -2.14. The Balaban J connectivity index is 2.65. The zero-order valence-electron chi connectivity index (χ0n) is 9.93. The van der Waals surface area contributed by atoms with Crippen molar-refractivity contribution < 1.29 is 13.2 Å². The lowest BCUT2D eigenvalue weighted by molar-refractivity contribution is -0.116. The quantitative estimate of drug-likeness (QED) is 0.649. The van der Waals surface area contributed by atoms with E-state index in [9.17, 15) is 13.2 Å². The van der Waals surface area contributed by atoms with Crippen LogP contribution in [0.15, 0.2) is 29.2 Å². The molecule has 0 saturated carbocycles. The van der Waals surface area contributed by atoms with Crippen LogP contribution in [-0.2, 0) is 14.8 Å². The highest BCUT2D eigenvalue weighted by molar-refractivity contribution is 7.89. The first-order valence-electron chi connectivity index (χ1n) is 5.56. The molecule has 0 unspecified atom stereocenters. The molecule has 0 aliphatic carbocycles. The fraction of sp³-hybridized carbons (Fsp3) is 0.364. The van der Waals surface area contributed by atoms with Crippen molar-refractivity contribution in [1.29, 1.82) is 0 Å². The first-order valence-corrected chi connectivity index (χ1v) is 7.11. The van der Waals surface area contributed by atoms with Crippen LogP contribution >= 0.6 is 0 Å². The topological polar surface area (TPSA) is 115 Å². The molecule has 1 amide bonds. The summed E-state index contributed by atoms with van der Waals surface area (Å²) in [5, 5.41) is 7.61. The number of hydrogen-bond acceptors (Lipinski definition) is 4. The number of benzene rings is 1. The van der Waals surface area contributed by atoms with Crippen LogP contribution in [0.25, 0.3) is 0 Å². The van der Waals surface area contributed by atoms with Gasteiger partial charge in [-0.15, -0.1) is 0 Å². The standard InChI is InChI=1S/C11H17N3O3S/c12-7-2-1-6-11(15)14-9-4-3-5-10(8-9)18(13,16)17/h3-5,8H,1-2,6-7,12H2,(H,14,15)(H2,13,16,17).